The van der Waals surface area contributed by atoms with Gasteiger partial charge >= 0.3 is 0 Å². The van der Waals surface area contributed by atoms with E-state index in [1.54, 1.807) is 0 Å². The topological polar surface area (TPSA) is 63.4 Å². The van der Waals surface area contributed by atoms with Crippen LogP contribution in [0.3, 0.4) is 0 Å². The summed E-state index contributed by atoms with van der Waals surface area (Å²) in [6.45, 7) is 0.695. The summed E-state index contributed by atoms with van der Waals surface area (Å²) in [4.78, 5) is 26.1. The number of likely N-dealkylation sites (tertiary alicyclic amines) is 1. The molecule has 0 aromatic carbocycles. The molecule has 2 rings (SSSR count). The Balaban J connectivity index is 2.08. The van der Waals surface area contributed by atoms with Crippen molar-refractivity contribution in [1.82, 2.24) is 4.90 Å². The highest BCUT2D eigenvalue weighted by Crippen LogP contribution is 2.20. The van der Waals surface area contributed by atoms with Crippen molar-refractivity contribution in [3.63, 3.8) is 0 Å². The maximum absolute atomic E-state index is 11.9. The molecule has 1 saturated heterocycles. The third-order valence-electron chi connectivity index (χ3n) is 2.94. The van der Waals surface area contributed by atoms with Gasteiger partial charge in [0.2, 0.25) is 11.8 Å². The molecule has 1 aliphatic heterocycles. The largest absolute Gasteiger partial charge is 0.320 e. The van der Waals surface area contributed by atoms with E-state index >= 15 is 0 Å². The third-order valence-corrected chi connectivity index (χ3v) is 3.86. The Hall–Kier alpha value is -1.64. The number of imide groups is 1. The monoisotopic (exact) mass is 276 g/mol. The standard InChI is InChI=1S/C14H16N2O2S/c15-7-3-4-11-8-12(19-10-11)9-16-13(17)5-1-2-6-14(16)18/h8,10H,1-2,5-7,9,15H2. The van der Waals surface area contributed by atoms with Crippen LogP contribution < -0.4 is 5.73 Å². The van der Waals surface area contributed by atoms with E-state index in [4.69, 9.17) is 5.73 Å². The van der Waals surface area contributed by atoms with Gasteiger partial charge in [-0.1, -0.05) is 11.8 Å². The highest BCUT2D eigenvalue weighted by molar-refractivity contribution is 7.10. The molecule has 1 aromatic heterocycles. The maximum atomic E-state index is 11.9. The fraction of sp³-hybridized carbons (Fsp3) is 0.429. The van der Waals surface area contributed by atoms with Gasteiger partial charge in [-0.25, -0.2) is 0 Å². The summed E-state index contributed by atoms with van der Waals surface area (Å²) in [5.74, 6) is 5.60. The molecule has 1 fully saturated rings. The molecule has 19 heavy (non-hydrogen) atoms. The van der Waals surface area contributed by atoms with Crippen LogP contribution in [0.15, 0.2) is 11.4 Å². The van der Waals surface area contributed by atoms with Crippen LogP contribution in [0.4, 0.5) is 0 Å². The van der Waals surface area contributed by atoms with Gasteiger partial charge in [-0.05, 0) is 18.9 Å². The number of amides is 2. The Kier molecular flexibility index (Phi) is 4.72. The van der Waals surface area contributed by atoms with Crippen LogP contribution in [0.25, 0.3) is 0 Å². The van der Waals surface area contributed by atoms with Crippen molar-refractivity contribution >= 4 is 23.2 Å². The molecule has 0 radical (unpaired) electrons. The number of carbonyl (C=O) groups excluding carboxylic acids is 2. The van der Waals surface area contributed by atoms with E-state index in [0.717, 1.165) is 23.3 Å². The minimum Gasteiger partial charge on any atom is -0.320 e. The van der Waals surface area contributed by atoms with E-state index < -0.39 is 0 Å². The first kappa shape index (κ1) is 13.8. The van der Waals surface area contributed by atoms with Crippen molar-refractivity contribution in [3.8, 4) is 11.8 Å². The van der Waals surface area contributed by atoms with Gasteiger partial charge in [0.1, 0.15) is 0 Å². The first-order chi connectivity index (χ1) is 9.20. The predicted octanol–water partition coefficient (Wildman–Crippen LogP) is 1.49. The van der Waals surface area contributed by atoms with Gasteiger partial charge in [0.15, 0.2) is 0 Å². The summed E-state index contributed by atoms with van der Waals surface area (Å²) in [6, 6.07) is 1.92. The summed E-state index contributed by atoms with van der Waals surface area (Å²) < 4.78 is 0. The molecule has 0 saturated carbocycles. The van der Waals surface area contributed by atoms with E-state index in [1.807, 2.05) is 11.4 Å². The molecule has 4 nitrogen and oxygen atoms in total. The predicted molar refractivity (Wildman–Crippen MR) is 74.3 cm³/mol. The number of nitrogens with zero attached hydrogens (tertiary/aromatic N) is 1. The minimum absolute atomic E-state index is 0.0644. The van der Waals surface area contributed by atoms with E-state index in [2.05, 4.69) is 11.8 Å². The second-order valence-corrected chi connectivity index (χ2v) is 5.38. The molecule has 0 bridgehead atoms. The molecular weight excluding hydrogens is 260 g/mol. The Morgan fingerprint density at radius 3 is 2.58 bits per heavy atom. The molecule has 5 heteroatoms. The molecule has 2 N–H and O–H groups in total. The van der Waals surface area contributed by atoms with Crippen molar-refractivity contribution < 1.29 is 9.59 Å². The highest BCUT2D eigenvalue weighted by Gasteiger charge is 2.24. The molecule has 2 heterocycles. The molecular formula is C14H16N2O2S. The van der Waals surface area contributed by atoms with E-state index in [9.17, 15) is 9.59 Å². The van der Waals surface area contributed by atoms with E-state index in [1.165, 1.54) is 16.2 Å². The van der Waals surface area contributed by atoms with Crippen LogP contribution in [0.1, 0.15) is 36.1 Å². The number of hydrogen-bond donors (Lipinski definition) is 1. The summed E-state index contributed by atoms with van der Waals surface area (Å²) >= 11 is 1.52. The Labute approximate surface area is 116 Å². The number of carbonyl (C=O) groups is 2. The van der Waals surface area contributed by atoms with Crippen molar-refractivity contribution in [2.24, 2.45) is 5.73 Å². The molecule has 2 amide bonds. The first-order valence-electron chi connectivity index (χ1n) is 6.30. The second-order valence-electron chi connectivity index (χ2n) is 4.39. The van der Waals surface area contributed by atoms with Crippen LogP contribution >= 0.6 is 11.3 Å². The van der Waals surface area contributed by atoms with Crippen LogP contribution in [-0.4, -0.2) is 23.3 Å². The second kappa shape index (κ2) is 6.50. The van der Waals surface area contributed by atoms with Crippen LogP contribution in [0.2, 0.25) is 0 Å². The number of rotatable bonds is 2. The van der Waals surface area contributed by atoms with Crippen molar-refractivity contribution in [2.45, 2.75) is 32.2 Å². The average Bonchev–Trinajstić information content (AvgIpc) is 2.79. The Bertz CT molecular complexity index is 521. The molecule has 0 unspecified atom stereocenters. The quantitative estimate of drug-likeness (QED) is 0.657. The Morgan fingerprint density at radius 2 is 1.95 bits per heavy atom. The van der Waals surface area contributed by atoms with Crippen molar-refractivity contribution in [2.75, 3.05) is 6.54 Å². The zero-order valence-electron chi connectivity index (χ0n) is 10.6. The fourth-order valence-electron chi connectivity index (χ4n) is 1.98. The van der Waals surface area contributed by atoms with Crippen molar-refractivity contribution in [3.05, 3.63) is 21.9 Å². The number of thiophene rings is 1. The molecule has 1 aromatic rings. The lowest BCUT2D eigenvalue weighted by atomic mass is 10.2. The first-order valence-corrected chi connectivity index (χ1v) is 7.18. The van der Waals surface area contributed by atoms with Gasteiger partial charge in [0, 0.05) is 28.7 Å². The van der Waals surface area contributed by atoms with E-state index in [0.29, 0.717) is 25.9 Å². The van der Waals surface area contributed by atoms with Gasteiger partial charge in [0.05, 0.1) is 13.1 Å². The van der Waals surface area contributed by atoms with Crippen molar-refractivity contribution in [1.29, 1.82) is 0 Å². The molecule has 1 aliphatic rings. The summed E-state index contributed by atoms with van der Waals surface area (Å²) in [6.07, 6.45) is 2.55. The zero-order valence-corrected chi connectivity index (χ0v) is 11.5. The molecule has 100 valence electrons. The van der Waals surface area contributed by atoms with Crippen LogP contribution in [0.5, 0.6) is 0 Å². The van der Waals surface area contributed by atoms with Crippen LogP contribution in [-0.2, 0) is 16.1 Å². The molecule has 0 aliphatic carbocycles. The minimum atomic E-state index is -0.0644. The number of hydrogen-bond acceptors (Lipinski definition) is 4. The fourth-order valence-corrected chi connectivity index (χ4v) is 2.78. The normalized spacial score (nSPS) is 15.9. The molecule has 0 atom stereocenters. The lowest BCUT2D eigenvalue weighted by Crippen LogP contribution is -2.34. The summed E-state index contributed by atoms with van der Waals surface area (Å²) in [5.41, 5.74) is 6.21. The van der Waals surface area contributed by atoms with Gasteiger partial charge in [-0.2, -0.15) is 0 Å². The zero-order chi connectivity index (χ0) is 13.7. The lowest BCUT2D eigenvalue weighted by molar-refractivity contribution is -0.144. The number of nitrogens with two attached hydrogens (primary N) is 1. The average molecular weight is 276 g/mol. The smallest absolute Gasteiger partial charge is 0.229 e. The highest BCUT2D eigenvalue weighted by atomic mass is 32.1. The summed E-state index contributed by atoms with van der Waals surface area (Å²) in [7, 11) is 0. The maximum Gasteiger partial charge on any atom is 0.229 e. The van der Waals surface area contributed by atoms with Gasteiger partial charge in [0.25, 0.3) is 0 Å². The third kappa shape index (κ3) is 3.66. The van der Waals surface area contributed by atoms with Gasteiger partial charge in [-0.15, -0.1) is 11.3 Å². The SMILES string of the molecule is NCC#Cc1csc(CN2C(=O)CCCCC2=O)c1. The van der Waals surface area contributed by atoms with E-state index in [-0.39, 0.29) is 11.8 Å². The Morgan fingerprint density at radius 1 is 1.26 bits per heavy atom. The lowest BCUT2D eigenvalue weighted by Gasteiger charge is -2.17. The van der Waals surface area contributed by atoms with Gasteiger partial charge < -0.3 is 5.73 Å². The van der Waals surface area contributed by atoms with Crippen LogP contribution in [0, 0.1) is 11.8 Å². The summed E-state index contributed by atoms with van der Waals surface area (Å²) in [5, 5.41) is 1.92. The van der Waals surface area contributed by atoms with Gasteiger partial charge in [-0.3, -0.25) is 14.5 Å². The molecule has 0 spiro atoms.